The van der Waals surface area contributed by atoms with Crippen molar-refractivity contribution in [2.45, 2.75) is 86.0 Å². The first-order valence-corrected chi connectivity index (χ1v) is 13.7. The Morgan fingerprint density at radius 2 is 1.77 bits per heavy atom. The van der Waals surface area contributed by atoms with E-state index in [4.69, 9.17) is 5.41 Å². The Hall–Kier alpha value is -2.17. The van der Waals surface area contributed by atoms with Crippen molar-refractivity contribution < 1.29 is 0 Å². The third kappa shape index (κ3) is 7.17. The number of likely N-dealkylation sites (tertiary alicyclic amines) is 1. The number of piperidine rings is 1. The topological polar surface area (TPSA) is 68.9 Å². The van der Waals surface area contributed by atoms with Crippen LogP contribution >= 0.6 is 0 Å². The second-order valence-electron chi connectivity index (χ2n) is 10.4. The van der Waals surface area contributed by atoms with Crippen molar-refractivity contribution in [3.63, 3.8) is 0 Å². The molecule has 4 nitrogen and oxygen atoms in total. The highest BCUT2D eigenvalue weighted by molar-refractivity contribution is 6.01. The zero-order chi connectivity index (χ0) is 26.1. The summed E-state index contributed by atoms with van der Waals surface area (Å²) in [6.07, 6.45) is 8.61. The Balaban J connectivity index is 0.00000210. The molecule has 4 N–H and O–H groups in total. The fourth-order valence-corrected chi connectivity index (χ4v) is 5.39. The van der Waals surface area contributed by atoms with Gasteiger partial charge in [0.15, 0.2) is 0 Å². The number of fused-ring (bicyclic) bond motifs is 1. The van der Waals surface area contributed by atoms with E-state index in [0.717, 1.165) is 30.0 Å². The van der Waals surface area contributed by atoms with Crippen LogP contribution in [0.1, 0.15) is 103 Å². The van der Waals surface area contributed by atoms with Gasteiger partial charge in [0.05, 0.1) is 0 Å². The Morgan fingerprint density at radius 3 is 2.29 bits per heavy atom. The Morgan fingerprint density at radius 1 is 1.11 bits per heavy atom. The molecule has 0 atom stereocenters. The number of H-pyrrole nitrogens is 1. The number of nitrogens with one attached hydrogen (secondary N) is 2. The summed E-state index contributed by atoms with van der Waals surface area (Å²) in [7, 11) is 1.50. The zero-order valence-corrected chi connectivity index (χ0v) is 23.6. The quantitative estimate of drug-likeness (QED) is 0.253. The molecule has 1 aliphatic heterocycles. The van der Waals surface area contributed by atoms with Crippen LogP contribution in [0, 0.1) is 11.3 Å². The molecule has 0 amide bonds. The summed E-state index contributed by atoms with van der Waals surface area (Å²) in [6.45, 7) is 19.2. The van der Waals surface area contributed by atoms with E-state index in [1.807, 2.05) is 0 Å². The molecule has 1 aromatic heterocycles. The molecule has 1 aromatic carbocycles. The summed E-state index contributed by atoms with van der Waals surface area (Å²) < 4.78 is 0. The number of aromatic amines is 1. The van der Waals surface area contributed by atoms with Gasteiger partial charge in [-0.25, -0.2) is 0 Å². The van der Waals surface area contributed by atoms with Crippen molar-refractivity contribution in [2.75, 3.05) is 26.7 Å². The smallest absolute Gasteiger partial charge is 0.0496 e. The number of rotatable bonds is 9. The van der Waals surface area contributed by atoms with E-state index in [1.54, 1.807) is 0 Å². The summed E-state index contributed by atoms with van der Waals surface area (Å²) in [5, 5.41) is 9.73. The largest absolute Gasteiger partial charge is 0.354 e. The maximum absolute atomic E-state index is 8.36. The van der Waals surface area contributed by atoms with Crippen molar-refractivity contribution >= 4 is 22.2 Å². The van der Waals surface area contributed by atoms with Crippen LogP contribution in [-0.2, 0) is 0 Å². The van der Waals surface area contributed by atoms with E-state index < -0.39 is 0 Å². The van der Waals surface area contributed by atoms with Crippen LogP contribution in [-0.4, -0.2) is 42.3 Å². The van der Waals surface area contributed by atoms with Gasteiger partial charge in [0.2, 0.25) is 0 Å². The van der Waals surface area contributed by atoms with Gasteiger partial charge in [-0.1, -0.05) is 53.7 Å². The van der Waals surface area contributed by atoms with E-state index in [-0.39, 0.29) is 0 Å². The molecule has 0 unspecified atom stereocenters. The molecule has 4 heteroatoms. The molecule has 194 valence electrons. The summed E-state index contributed by atoms with van der Waals surface area (Å²) in [5.74, 6) is 1.83. The fraction of sp³-hybridized carbons (Fsp3) is 0.581. The maximum Gasteiger partial charge on any atom is 0.0496 e. The first-order valence-electron chi connectivity index (χ1n) is 13.7. The Kier molecular flexibility index (Phi) is 11.5. The molecule has 1 saturated heterocycles. The van der Waals surface area contributed by atoms with Crippen molar-refractivity contribution in [1.82, 2.24) is 9.88 Å². The van der Waals surface area contributed by atoms with Gasteiger partial charge in [-0.15, -0.1) is 0 Å². The van der Waals surface area contributed by atoms with Crippen LogP contribution in [0.3, 0.4) is 0 Å². The molecular formula is C31H50N4. The predicted molar refractivity (Wildman–Crippen MR) is 156 cm³/mol. The van der Waals surface area contributed by atoms with Gasteiger partial charge in [0.25, 0.3) is 0 Å². The average molecular weight is 479 g/mol. The van der Waals surface area contributed by atoms with E-state index in [0.29, 0.717) is 11.8 Å². The highest BCUT2D eigenvalue weighted by atomic mass is 15.1. The molecule has 1 fully saturated rings. The van der Waals surface area contributed by atoms with Crippen LogP contribution in [0.4, 0.5) is 0 Å². The minimum atomic E-state index is 0.427. The van der Waals surface area contributed by atoms with E-state index >= 15 is 0 Å². The lowest BCUT2D eigenvalue weighted by molar-refractivity contribution is 0.192. The van der Waals surface area contributed by atoms with Crippen LogP contribution in [0.15, 0.2) is 35.9 Å². The minimum absolute atomic E-state index is 0.427. The molecule has 2 heterocycles. The number of nitrogens with zero attached hydrogens (tertiary/aromatic N) is 1. The van der Waals surface area contributed by atoms with Crippen molar-refractivity contribution in [3.05, 3.63) is 52.7 Å². The lowest BCUT2D eigenvalue weighted by Crippen LogP contribution is -2.35. The van der Waals surface area contributed by atoms with Crippen LogP contribution in [0.25, 0.3) is 16.5 Å². The highest BCUT2D eigenvalue weighted by Crippen LogP contribution is 2.37. The first kappa shape index (κ1) is 29.1. The Bertz CT molecular complexity index is 1010. The van der Waals surface area contributed by atoms with Crippen molar-refractivity contribution in [3.8, 4) is 0 Å². The number of aromatic nitrogens is 1. The lowest BCUT2D eigenvalue weighted by atomic mass is 9.87. The summed E-state index contributed by atoms with van der Waals surface area (Å²) in [6, 6.07) is 7.12. The third-order valence-electron chi connectivity index (χ3n) is 7.17. The van der Waals surface area contributed by atoms with Crippen LogP contribution < -0.4 is 5.73 Å². The van der Waals surface area contributed by atoms with Gasteiger partial charge < -0.3 is 21.0 Å². The molecular weight excluding hydrogens is 428 g/mol. The molecule has 0 bridgehead atoms. The minimum Gasteiger partial charge on any atom is -0.354 e. The number of hydrogen-bond acceptors (Lipinski definition) is 3. The number of hydrogen-bond donors (Lipinski definition) is 3. The number of nitrogens with two attached hydrogens (primary N) is 1. The second kappa shape index (κ2) is 13.8. The monoisotopic (exact) mass is 478 g/mol. The summed E-state index contributed by atoms with van der Waals surface area (Å²) in [5.41, 5.74) is 12.9. The molecule has 0 saturated carbocycles. The average Bonchev–Trinajstić information content (AvgIpc) is 3.24. The normalized spacial score (nSPS) is 16.2. The summed E-state index contributed by atoms with van der Waals surface area (Å²) in [4.78, 5) is 6.39. The van der Waals surface area contributed by atoms with Crippen LogP contribution in [0.2, 0.25) is 0 Å². The molecule has 0 spiro atoms. The molecule has 3 rings (SSSR count). The number of allylic oxidation sites excluding steroid dienone is 4. The third-order valence-corrected chi connectivity index (χ3v) is 7.17. The second-order valence-corrected chi connectivity index (χ2v) is 10.4. The van der Waals surface area contributed by atoms with Crippen molar-refractivity contribution in [1.29, 1.82) is 5.41 Å². The van der Waals surface area contributed by atoms with E-state index in [1.165, 1.54) is 72.8 Å². The van der Waals surface area contributed by atoms with E-state index in [9.17, 15) is 0 Å². The SMILES string of the molecule is C/C=C(\C=C(\CC)C(=N)CC)c1[nH]c2ccc(C3CCN(CC(C)C)CC3)cc2c1C(C)C.CN. The van der Waals surface area contributed by atoms with Gasteiger partial charge in [-0.2, -0.15) is 0 Å². The van der Waals surface area contributed by atoms with Crippen LogP contribution in [0.5, 0.6) is 0 Å². The predicted octanol–water partition coefficient (Wildman–Crippen LogP) is 7.87. The molecule has 1 aliphatic rings. The standard InChI is InChI=1S/C30H45N3.CH5N/c1-8-22(27(31)10-3)17-23(9-2)30-29(21(6)7)26-18-25(11-12-28(26)32-30)24-13-15-33(16-14-24)19-20(4)5;1-2/h9,11-12,17-18,20-21,24,31-32H,8,10,13-16,19H2,1-7H3;2H2,1H3/b22-17-,23-9+,31-27?;. The maximum atomic E-state index is 8.36. The van der Waals surface area contributed by atoms with Gasteiger partial charge >= 0.3 is 0 Å². The highest BCUT2D eigenvalue weighted by Gasteiger charge is 2.23. The molecule has 0 radical (unpaired) electrons. The summed E-state index contributed by atoms with van der Waals surface area (Å²) >= 11 is 0. The van der Waals surface area contributed by atoms with Gasteiger partial charge in [0.1, 0.15) is 0 Å². The lowest BCUT2D eigenvalue weighted by Gasteiger charge is -2.33. The molecule has 35 heavy (non-hydrogen) atoms. The van der Waals surface area contributed by atoms with Gasteiger partial charge in [-0.05, 0) is 111 Å². The molecule has 2 aromatic rings. The van der Waals surface area contributed by atoms with Gasteiger partial charge in [0, 0.05) is 28.9 Å². The van der Waals surface area contributed by atoms with E-state index in [2.05, 4.69) is 94.4 Å². The molecule has 0 aliphatic carbocycles. The first-order chi connectivity index (χ1) is 16.8. The fourth-order valence-electron chi connectivity index (χ4n) is 5.39. The Labute approximate surface area is 214 Å². The number of benzene rings is 1. The van der Waals surface area contributed by atoms with Gasteiger partial charge in [-0.3, -0.25) is 0 Å². The zero-order valence-electron chi connectivity index (χ0n) is 23.6. The van der Waals surface area contributed by atoms with Crippen molar-refractivity contribution in [2.24, 2.45) is 11.7 Å².